The highest BCUT2D eigenvalue weighted by molar-refractivity contribution is 7.21. The fourth-order valence-electron chi connectivity index (χ4n) is 1.87. The van der Waals surface area contributed by atoms with Crippen molar-refractivity contribution >= 4 is 45.6 Å². The second-order valence-corrected chi connectivity index (χ2v) is 6.37. The number of aldehydes is 1. The molecule has 0 spiro atoms. The summed E-state index contributed by atoms with van der Waals surface area (Å²) in [6, 6.07) is 2.29. The Kier molecular flexibility index (Phi) is 4.57. The molecule has 0 aromatic carbocycles. The summed E-state index contributed by atoms with van der Waals surface area (Å²) in [6.07, 6.45) is 4.38. The molecule has 2 aromatic heterocycles. The van der Waals surface area contributed by atoms with Crippen LogP contribution in [0.5, 0.6) is 0 Å². The quantitative estimate of drug-likeness (QED) is 0.483. The van der Waals surface area contributed by atoms with Crippen molar-refractivity contribution in [3.8, 4) is 0 Å². The molecule has 112 valence electrons. The molecule has 0 radical (unpaired) electrons. The molecule has 2 rings (SSSR count). The summed E-state index contributed by atoms with van der Waals surface area (Å²) < 4.78 is 0. The van der Waals surface area contributed by atoms with Crippen molar-refractivity contribution in [2.24, 2.45) is 4.99 Å². The molecule has 0 unspecified atom stereocenters. The van der Waals surface area contributed by atoms with Crippen LogP contribution in [0.25, 0.3) is 10.2 Å². The molecule has 0 saturated carbocycles. The molecule has 2 aromatic rings. The first kappa shape index (κ1) is 15.4. The van der Waals surface area contributed by atoms with Crippen molar-refractivity contribution in [3.63, 3.8) is 0 Å². The van der Waals surface area contributed by atoms with E-state index in [1.807, 2.05) is 37.0 Å². The van der Waals surface area contributed by atoms with E-state index in [0.717, 1.165) is 22.2 Å². The maximum Gasteiger partial charge on any atom is 0.162 e. The zero-order valence-corrected chi connectivity index (χ0v) is 13.8. The van der Waals surface area contributed by atoms with Gasteiger partial charge in [0.15, 0.2) is 6.29 Å². The number of aliphatic imine (C=N–C) groups is 1. The van der Waals surface area contributed by atoms with Crippen LogP contribution in [-0.4, -0.2) is 49.7 Å². The summed E-state index contributed by atoms with van der Waals surface area (Å²) in [5.74, 6) is 0. The third-order valence-electron chi connectivity index (χ3n) is 3.34. The maximum absolute atomic E-state index is 11.3. The lowest BCUT2D eigenvalue weighted by molar-refractivity contribution is 0.112. The summed E-state index contributed by atoms with van der Waals surface area (Å²) in [5, 5.41) is 0.933. The fourth-order valence-corrected chi connectivity index (χ4v) is 2.80. The minimum Gasteiger partial charge on any atom is -0.377 e. The van der Waals surface area contributed by atoms with Crippen LogP contribution >= 0.6 is 11.3 Å². The number of anilines is 1. The summed E-state index contributed by atoms with van der Waals surface area (Å²) in [6.45, 7) is 4.18. The Bertz CT molecular complexity index is 676. The third-order valence-corrected chi connectivity index (χ3v) is 4.36. The summed E-state index contributed by atoms with van der Waals surface area (Å²) in [7, 11) is 5.91. The molecule has 0 saturated heterocycles. The van der Waals surface area contributed by atoms with Gasteiger partial charge in [-0.15, -0.1) is 11.3 Å². The monoisotopic (exact) mass is 304 g/mol. The number of carbonyl (C=O) groups excluding carboxylic acids is 1. The first-order valence-electron chi connectivity index (χ1n) is 6.75. The molecular weight excluding hydrogens is 284 g/mol. The molecule has 0 aliphatic carbocycles. The molecule has 21 heavy (non-hydrogen) atoms. The third kappa shape index (κ3) is 3.05. The highest BCUT2D eigenvalue weighted by atomic mass is 32.1. The van der Waals surface area contributed by atoms with Gasteiger partial charge in [-0.3, -0.25) is 4.79 Å². The minimum atomic E-state index is 0.352. The highest BCUT2D eigenvalue weighted by Gasteiger charge is 2.16. The average molecular weight is 304 g/mol. The maximum atomic E-state index is 11.3. The average Bonchev–Trinajstić information content (AvgIpc) is 2.81. The van der Waals surface area contributed by atoms with E-state index in [1.54, 1.807) is 12.5 Å². The molecule has 0 N–H and O–H groups in total. The Morgan fingerprint density at radius 2 is 2.05 bits per heavy atom. The van der Waals surface area contributed by atoms with Gasteiger partial charge in [0.25, 0.3) is 0 Å². The van der Waals surface area contributed by atoms with Crippen LogP contribution in [0, 0.1) is 0 Å². The van der Waals surface area contributed by atoms with Gasteiger partial charge < -0.3 is 9.80 Å². The van der Waals surface area contributed by atoms with Crippen LogP contribution in [0.2, 0.25) is 0 Å². The number of nitrogens with zero attached hydrogens (tertiary/aromatic N) is 4. The number of hydrogen-bond donors (Lipinski definition) is 0. The molecule has 0 fully saturated rings. The van der Waals surface area contributed by atoms with Crippen molar-refractivity contribution in [2.45, 2.75) is 19.9 Å². The molecule has 6 heteroatoms. The van der Waals surface area contributed by atoms with Crippen LogP contribution in [0.3, 0.4) is 0 Å². The van der Waals surface area contributed by atoms with Crippen molar-refractivity contribution in [2.75, 3.05) is 26.0 Å². The zero-order chi connectivity index (χ0) is 15.6. The minimum absolute atomic E-state index is 0.352. The molecule has 2 heterocycles. The van der Waals surface area contributed by atoms with E-state index in [2.05, 4.69) is 23.8 Å². The Morgan fingerprint density at radius 1 is 1.33 bits per heavy atom. The molecule has 0 aliphatic heterocycles. The van der Waals surface area contributed by atoms with Gasteiger partial charge in [-0.2, -0.15) is 0 Å². The van der Waals surface area contributed by atoms with E-state index in [1.165, 1.54) is 11.3 Å². The van der Waals surface area contributed by atoms with Crippen LogP contribution in [0.1, 0.15) is 23.5 Å². The van der Waals surface area contributed by atoms with Gasteiger partial charge in [0.2, 0.25) is 0 Å². The van der Waals surface area contributed by atoms with Crippen molar-refractivity contribution in [1.29, 1.82) is 0 Å². The molecule has 0 atom stereocenters. The number of rotatable bonds is 5. The van der Waals surface area contributed by atoms with Gasteiger partial charge in [0.05, 0.1) is 28.0 Å². The number of pyridine rings is 1. The number of fused-ring (bicyclic) bond motifs is 1. The largest absolute Gasteiger partial charge is 0.377 e. The predicted octanol–water partition coefficient (Wildman–Crippen LogP) is 3.17. The summed E-state index contributed by atoms with van der Waals surface area (Å²) in [4.78, 5) is 25.7. The van der Waals surface area contributed by atoms with Gasteiger partial charge in [-0.1, -0.05) is 0 Å². The van der Waals surface area contributed by atoms with Crippen LogP contribution in [0.4, 0.5) is 11.4 Å². The predicted molar refractivity (Wildman–Crippen MR) is 90.4 cm³/mol. The lowest BCUT2D eigenvalue weighted by atomic mass is 10.2. The van der Waals surface area contributed by atoms with Gasteiger partial charge in [-0.05, 0) is 19.9 Å². The Hall–Kier alpha value is -1.95. The van der Waals surface area contributed by atoms with Gasteiger partial charge in [0, 0.05) is 33.4 Å². The molecular formula is C15H20N4OS. The number of hydrogen-bond acceptors (Lipinski definition) is 5. The van der Waals surface area contributed by atoms with Gasteiger partial charge >= 0.3 is 0 Å². The van der Waals surface area contributed by atoms with E-state index in [4.69, 9.17) is 0 Å². The van der Waals surface area contributed by atoms with Crippen molar-refractivity contribution in [3.05, 3.63) is 17.1 Å². The van der Waals surface area contributed by atoms with Crippen molar-refractivity contribution in [1.82, 2.24) is 9.88 Å². The Morgan fingerprint density at radius 3 is 2.62 bits per heavy atom. The fraction of sp³-hybridized carbons (Fsp3) is 0.400. The standard InChI is InChI=1S/C15H20N4OS/c1-10(2)19(5)9-17-14-12(8-20)21-15-13(14)11(18(3)4)6-7-16-15/h6-10H,1-5H3. The number of carbonyl (C=O) groups is 1. The van der Waals surface area contributed by atoms with Gasteiger partial charge in [-0.25, -0.2) is 9.98 Å². The SMILES string of the molecule is CC(C)N(C)C=Nc1c(C=O)sc2nccc(N(C)C)c12. The van der Waals surface area contributed by atoms with Crippen LogP contribution in [0.15, 0.2) is 17.3 Å². The molecule has 0 bridgehead atoms. The normalized spacial score (nSPS) is 11.5. The first-order chi connectivity index (χ1) is 9.95. The van der Waals surface area contributed by atoms with E-state index in [0.29, 0.717) is 16.6 Å². The summed E-state index contributed by atoms with van der Waals surface area (Å²) >= 11 is 1.38. The first-order valence-corrected chi connectivity index (χ1v) is 7.57. The van der Waals surface area contributed by atoms with Gasteiger partial charge in [0.1, 0.15) is 4.83 Å². The lowest BCUT2D eigenvalue weighted by Crippen LogP contribution is -2.24. The van der Waals surface area contributed by atoms with E-state index < -0.39 is 0 Å². The highest BCUT2D eigenvalue weighted by Crippen LogP contribution is 2.40. The number of thiophene rings is 1. The second kappa shape index (κ2) is 6.22. The van der Waals surface area contributed by atoms with Crippen LogP contribution < -0.4 is 4.90 Å². The molecule has 0 aliphatic rings. The topological polar surface area (TPSA) is 48.8 Å². The number of aromatic nitrogens is 1. The zero-order valence-electron chi connectivity index (χ0n) is 13.0. The van der Waals surface area contributed by atoms with E-state index in [9.17, 15) is 4.79 Å². The smallest absolute Gasteiger partial charge is 0.162 e. The van der Waals surface area contributed by atoms with E-state index >= 15 is 0 Å². The molecule has 5 nitrogen and oxygen atoms in total. The Labute approximate surface area is 128 Å². The second-order valence-electron chi connectivity index (χ2n) is 5.34. The Balaban J connectivity index is 2.62. The van der Waals surface area contributed by atoms with Crippen LogP contribution in [-0.2, 0) is 0 Å². The summed E-state index contributed by atoms with van der Waals surface area (Å²) in [5.41, 5.74) is 1.72. The van der Waals surface area contributed by atoms with Crippen molar-refractivity contribution < 1.29 is 4.79 Å². The molecule has 0 amide bonds. The lowest BCUT2D eigenvalue weighted by Gasteiger charge is -2.17. The van der Waals surface area contributed by atoms with E-state index in [-0.39, 0.29) is 0 Å².